The number of nitrogens with two attached hydrogens (primary N) is 1. The van der Waals surface area contributed by atoms with Crippen LogP contribution >= 0.6 is 0 Å². The van der Waals surface area contributed by atoms with Gasteiger partial charge in [-0.1, -0.05) is 0 Å². The molecular formula is C10H14N4O3. The van der Waals surface area contributed by atoms with E-state index in [1.807, 2.05) is 6.92 Å². The largest absolute Gasteiger partial charge is 0.468 e. The van der Waals surface area contributed by atoms with Crippen LogP contribution in [-0.2, 0) is 9.53 Å². The highest BCUT2D eigenvalue weighted by Gasteiger charge is 2.12. The number of rotatable bonds is 5. The van der Waals surface area contributed by atoms with Gasteiger partial charge in [-0.05, 0) is 19.1 Å². The number of carbonyl (C=O) groups is 2. The van der Waals surface area contributed by atoms with Crippen molar-refractivity contribution in [1.82, 2.24) is 10.2 Å². The average Bonchev–Trinajstić information content (AvgIpc) is 2.35. The molecule has 17 heavy (non-hydrogen) atoms. The number of ether oxygens (including phenoxy) is 1. The summed E-state index contributed by atoms with van der Waals surface area (Å²) < 4.78 is 4.56. The number of methoxy groups -OCH3 is 1. The summed E-state index contributed by atoms with van der Waals surface area (Å²) in [5.74, 6) is -0.518. The predicted molar refractivity (Wildman–Crippen MR) is 60.5 cm³/mol. The Bertz CT molecular complexity index is 405. The van der Waals surface area contributed by atoms with Gasteiger partial charge < -0.3 is 15.4 Å². The van der Waals surface area contributed by atoms with Crippen molar-refractivity contribution in [2.45, 2.75) is 6.92 Å². The summed E-state index contributed by atoms with van der Waals surface area (Å²) in [6, 6.07) is 3.05. The minimum atomic E-state index is -0.639. The monoisotopic (exact) mass is 238 g/mol. The third kappa shape index (κ3) is 3.40. The van der Waals surface area contributed by atoms with Gasteiger partial charge in [-0.2, -0.15) is 0 Å². The molecule has 7 heteroatoms. The standard InChI is InChI=1S/C10H14N4O3/c1-3-14(6-9(15)17-2)8-5-4-7(10(11)16)12-13-8/h4-5H,3,6H2,1-2H3,(H2,11,16). The molecule has 2 N–H and O–H groups in total. The SMILES string of the molecule is CCN(CC(=O)OC)c1ccc(C(N)=O)nn1. The van der Waals surface area contributed by atoms with Gasteiger partial charge in [0.05, 0.1) is 7.11 Å². The highest BCUT2D eigenvalue weighted by molar-refractivity contribution is 5.90. The van der Waals surface area contributed by atoms with E-state index in [4.69, 9.17) is 5.73 Å². The van der Waals surface area contributed by atoms with Crippen LogP contribution in [0.3, 0.4) is 0 Å². The van der Waals surface area contributed by atoms with Crippen LogP contribution in [0.2, 0.25) is 0 Å². The lowest BCUT2D eigenvalue weighted by atomic mass is 10.3. The molecule has 0 saturated carbocycles. The molecular weight excluding hydrogens is 224 g/mol. The lowest BCUT2D eigenvalue weighted by molar-refractivity contribution is -0.138. The van der Waals surface area contributed by atoms with E-state index in [1.165, 1.54) is 13.2 Å². The number of esters is 1. The molecule has 0 unspecified atom stereocenters. The number of aromatic nitrogens is 2. The summed E-state index contributed by atoms with van der Waals surface area (Å²) in [7, 11) is 1.32. The molecule has 1 amide bonds. The Morgan fingerprint density at radius 1 is 1.41 bits per heavy atom. The number of likely N-dealkylation sites (N-methyl/N-ethyl adjacent to an activating group) is 1. The second kappa shape index (κ2) is 5.78. The first kappa shape index (κ1) is 12.9. The number of primary amides is 1. The van der Waals surface area contributed by atoms with Crippen molar-refractivity contribution < 1.29 is 14.3 Å². The minimum absolute atomic E-state index is 0.0810. The van der Waals surface area contributed by atoms with E-state index in [9.17, 15) is 9.59 Å². The zero-order chi connectivity index (χ0) is 12.8. The van der Waals surface area contributed by atoms with Gasteiger partial charge in [0.2, 0.25) is 0 Å². The summed E-state index contributed by atoms with van der Waals surface area (Å²) in [5.41, 5.74) is 5.13. The molecule has 0 aliphatic rings. The van der Waals surface area contributed by atoms with Crippen molar-refractivity contribution in [2.75, 3.05) is 25.1 Å². The van der Waals surface area contributed by atoms with Gasteiger partial charge in [0.1, 0.15) is 6.54 Å². The van der Waals surface area contributed by atoms with E-state index in [-0.39, 0.29) is 18.2 Å². The van der Waals surface area contributed by atoms with Gasteiger partial charge in [-0.3, -0.25) is 9.59 Å². The molecule has 1 aromatic rings. The Kier molecular flexibility index (Phi) is 4.38. The molecule has 1 aromatic heterocycles. The maximum Gasteiger partial charge on any atom is 0.325 e. The maximum absolute atomic E-state index is 11.1. The van der Waals surface area contributed by atoms with E-state index in [0.717, 1.165) is 0 Å². The average molecular weight is 238 g/mol. The topological polar surface area (TPSA) is 98.4 Å². The molecule has 0 spiro atoms. The Morgan fingerprint density at radius 2 is 2.12 bits per heavy atom. The van der Waals surface area contributed by atoms with Gasteiger partial charge in [-0.25, -0.2) is 0 Å². The number of amides is 1. The van der Waals surface area contributed by atoms with Gasteiger partial charge >= 0.3 is 5.97 Å². The van der Waals surface area contributed by atoms with Crippen LogP contribution < -0.4 is 10.6 Å². The van der Waals surface area contributed by atoms with Crippen molar-refractivity contribution >= 4 is 17.7 Å². The molecule has 1 heterocycles. The van der Waals surface area contributed by atoms with Gasteiger partial charge in [0.25, 0.3) is 5.91 Å². The number of hydrogen-bond donors (Lipinski definition) is 1. The summed E-state index contributed by atoms with van der Waals surface area (Å²) in [6.07, 6.45) is 0. The third-order valence-electron chi connectivity index (χ3n) is 2.16. The number of carbonyl (C=O) groups excluding carboxylic acids is 2. The first-order chi connectivity index (χ1) is 8.08. The molecule has 0 radical (unpaired) electrons. The summed E-state index contributed by atoms with van der Waals surface area (Å²) in [5, 5.41) is 7.49. The Morgan fingerprint density at radius 3 is 2.53 bits per heavy atom. The van der Waals surface area contributed by atoms with Gasteiger partial charge in [-0.15, -0.1) is 10.2 Å². The van der Waals surface area contributed by atoms with E-state index in [1.54, 1.807) is 11.0 Å². The van der Waals surface area contributed by atoms with Crippen LogP contribution in [-0.4, -0.2) is 42.3 Å². The molecule has 0 aliphatic carbocycles. The van der Waals surface area contributed by atoms with E-state index in [2.05, 4.69) is 14.9 Å². The zero-order valence-corrected chi connectivity index (χ0v) is 9.71. The second-order valence-electron chi connectivity index (χ2n) is 3.23. The quantitative estimate of drug-likeness (QED) is 0.699. The van der Waals surface area contributed by atoms with Crippen molar-refractivity contribution in [2.24, 2.45) is 5.73 Å². The molecule has 0 bridgehead atoms. The van der Waals surface area contributed by atoms with E-state index < -0.39 is 5.91 Å². The summed E-state index contributed by atoms with van der Waals surface area (Å²) in [6.45, 7) is 2.52. The van der Waals surface area contributed by atoms with Crippen LogP contribution in [0, 0.1) is 0 Å². The Balaban J connectivity index is 2.82. The molecule has 0 aliphatic heterocycles. The molecule has 0 aromatic carbocycles. The molecule has 7 nitrogen and oxygen atoms in total. The van der Waals surface area contributed by atoms with Crippen molar-refractivity contribution in [1.29, 1.82) is 0 Å². The van der Waals surface area contributed by atoms with Gasteiger partial charge in [0.15, 0.2) is 11.5 Å². The van der Waals surface area contributed by atoms with Gasteiger partial charge in [0, 0.05) is 6.54 Å². The fourth-order valence-corrected chi connectivity index (χ4v) is 1.20. The molecule has 1 rings (SSSR count). The number of anilines is 1. The van der Waals surface area contributed by atoms with Crippen LogP contribution in [0.5, 0.6) is 0 Å². The Hall–Kier alpha value is -2.18. The van der Waals surface area contributed by atoms with Crippen LogP contribution in [0.1, 0.15) is 17.4 Å². The minimum Gasteiger partial charge on any atom is -0.468 e. The summed E-state index contributed by atoms with van der Waals surface area (Å²) >= 11 is 0. The smallest absolute Gasteiger partial charge is 0.325 e. The maximum atomic E-state index is 11.1. The first-order valence-electron chi connectivity index (χ1n) is 5.03. The van der Waals surface area contributed by atoms with Crippen molar-refractivity contribution in [3.63, 3.8) is 0 Å². The number of hydrogen-bond acceptors (Lipinski definition) is 6. The van der Waals surface area contributed by atoms with Crippen LogP contribution in [0.4, 0.5) is 5.82 Å². The van der Waals surface area contributed by atoms with Crippen LogP contribution in [0.25, 0.3) is 0 Å². The molecule has 0 fully saturated rings. The van der Waals surface area contributed by atoms with E-state index in [0.29, 0.717) is 12.4 Å². The first-order valence-corrected chi connectivity index (χ1v) is 5.03. The van der Waals surface area contributed by atoms with E-state index >= 15 is 0 Å². The van der Waals surface area contributed by atoms with Crippen molar-refractivity contribution in [3.05, 3.63) is 17.8 Å². The fourth-order valence-electron chi connectivity index (χ4n) is 1.20. The highest BCUT2D eigenvalue weighted by Crippen LogP contribution is 2.08. The summed E-state index contributed by atoms with van der Waals surface area (Å²) in [4.78, 5) is 23.6. The molecule has 0 saturated heterocycles. The lowest BCUT2D eigenvalue weighted by Gasteiger charge is -2.19. The fraction of sp³-hybridized carbons (Fsp3) is 0.400. The number of nitrogens with zero attached hydrogens (tertiary/aromatic N) is 3. The normalized spacial score (nSPS) is 9.76. The van der Waals surface area contributed by atoms with Crippen molar-refractivity contribution in [3.8, 4) is 0 Å². The molecule has 0 atom stereocenters. The highest BCUT2D eigenvalue weighted by atomic mass is 16.5. The Labute approximate surface area is 98.6 Å². The molecule has 92 valence electrons. The third-order valence-corrected chi connectivity index (χ3v) is 2.16. The lowest BCUT2D eigenvalue weighted by Crippen LogP contribution is -2.31. The second-order valence-corrected chi connectivity index (χ2v) is 3.23. The predicted octanol–water partition coefficient (Wildman–Crippen LogP) is -0.425. The van der Waals surface area contributed by atoms with Crippen LogP contribution in [0.15, 0.2) is 12.1 Å². The zero-order valence-electron chi connectivity index (χ0n) is 9.71.